The highest BCUT2D eigenvalue weighted by Crippen LogP contribution is 2.23. The molecule has 1 heterocycles. The summed E-state index contributed by atoms with van der Waals surface area (Å²) < 4.78 is 11.4. The first-order valence-corrected chi connectivity index (χ1v) is 13.3. The van der Waals surface area contributed by atoms with Crippen LogP contribution in [0.25, 0.3) is 21.5 Å². The Morgan fingerprint density at radius 2 is 1.20 bits per heavy atom. The third kappa shape index (κ3) is 6.54. The molecule has 2 amide bonds. The highest BCUT2D eigenvalue weighted by molar-refractivity contribution is 5.99. The van der Waals surface area contributed by atoms with E-state index < -0.39 is 43.4 Å². The van der Waals surface area contributed by atoms with Gasteiger partial charge < -0.3 is 40.5 Å². The molecule has 10 nitrogen and oxygen atoms in total. The Kier molecular flexibility index (Phi) is 8.89. The van der Waals surface area contributed by atoms with Gasteiger partial charge in [0.05, 0.1) is 12.7 Å². The third-order valence-electron chi connectivity index (χ3n) is 7.18. The lowest BCUT2D eigenvalue weighted by molar-refractivity contribution is -0.310. The molecule has 0 saturated carbocycles. The van der Waals surface area contributed by atoms with Gasteiger partial charge in [0.2, 0.25) is 0 Å². The van der Waals surface area contributed by atoms with Gasteiger partial charge in [-0.3, -0.25) is 9.59 Å². The number of fused-ring (bicyclic) bond motifs is 2. The second-order valence-electron chi connectivity index (χ2n) is 10.00. The van der Waals surface area contributed by atoms with E-state index in [9.17, 15) is 30.0 Å². The standard InChI is InChI=1S/C31H32N2O8/c34-17-25-26(35)27(36)28(37)31(41-25)40-24(15-32-29(38)22-11-9-18-5-1-3-7-20(18)13-22)16-33-30(39)23-12-10-19-6-2-4-8-21(19)14-23/h1-14,24-28,31,34-37H,15-17H2,(H,32,38)(H,33,39)/t25-,26-,27+,28+,31+/m1/s1. The van der Waals surface area contributed by atoms with Crippen molar-refractivity contribution in [3.63, 3.8) is 0 Å². The molecule has 1 fully saturated rings. The molecule has 5 atom stereocenters. The molecule has 214 valence electrons. The lowest BCUT2D eigenvalue weighted by Gasteiger charge is -2.40. The maximum Gasteiger partial charge on any atom is 0.251 e. The van der Waals surface area contributed by atoms with Gasteiger partial charge in [-0.25, -0.2) is 0 Å². The van der Waals surface area contributed by atoms with Crippen LogP contribution in [0.4, 0.5) is 0 Å². The SMILES string of the molecule is O=C(NCC(CNC(=O)c1ccc2ccccc2c1)O[C@H]1O[C@H](CO)[C@@H](O)[C@H](O)[C@@H]1O)c1ccc2ccccc2c1. The number of carbonyl (C=O) groups is 2. The second-order valence-corrected chi connectivity index (χ2v) is 10.00. The molecular formula is C31H32N2O8. The minimum absolute atomic E-state index is 0.0846. The molecule has 0 aromatic heterocycles. The van der Waals surface area contributed by atoms with Crippen molar-refractivity contribution in [2.24, 2.45) is 0 Å². The van der Waals surface area contributed by atoms with Gasteiger partial charge in [-0.2, -0.15) is 0 Å². The summed E-state index contributed by atoms with van der Waals surface area (Å²) in [6, 6.07) is 25.9. The molecule has 0 spiro atoms. The summed E-state index contributed by atoms with van der Waals surface area (Å²) >= 11 is 0. The Morgan fingerprint density at radius 3 is 1.68 bits per heavy atom. The lowest BCUT2D eigenvalue weighted by atomic mass is 9.99. The van der Waals surface area contributed by atoms with Crippen LogP contribution < -0.4 is 10.6 Å². The number of aliphatic hydroxyl groups excluding tert-OH is 4. The van der Waals surface area contributed by atoms with Gasteiger partial charge in [-0.1, -0.05) is 60.7 Å². The van der Waals surface area contributed by atoms with E-state index in [0.717, 1.165) is 21.5 Å². The summed E-state index contributed by atoms with van der Waals surface area (Å²) in [7, 11) is 0. The number of ether oxygens (including phenoxy) is 2. The monoisotopic (exact) mass is 560 g/mol. The summed E-state index contributed by atoms with van der Waals surface area (Å²) in [6.45, 7) is -0.787. The predicted molar refractivity (Wildman–Crippen MR) is 151 cm³/mol. The Bertz CT molecular complexity index is 1430. The van der Waals surface area contributed by atoms with Gasteiger partial charge in [-0.05, 0) is 45.8 Å². The molecule has 0 unspecified atom stereocenters. The van der Waals surface area contributed by atoms with Gasteiger partial charge in [0.25, 0.3) is 11.8 Å². The molecule has 4 aromatic carbocycles. The molecule has 5 rings (SSSR count). The fourth-order valence-corrected chi connectivity index (χ4v) is 4.82. The molecule has 1 aliphatic heterocycles. The summed E-state index contributed by atoms with van der Waals surface area (Å²) in [5, 5.41) is 49.6. The number of benzene rings is 4. The average molecular weight is 561 g/mol. The molecule has 10 heteroatoms. The van der Waals surface area contributed by atoms with E-state index in [1.54, 1.807) is 24.3 Å². The quantitative estimate of drug-likeness (QED) is 0.179. The fraction of sp³-hybridized carbons (Fsp3) is 0.290. The second kappa shape index (κ2) is 12.7. The first-order chi connectivity index (χ1) is 19.8. The van der Waals surface area contributed by atoms with Gasteiger partial charge in [0.1, 0.15) is 24.4 Å². The summed E-state index contributed by atoms with van der Waals surface area (Å²) in [5.41, 5.74) is 0.853. The van der Waals surface area contributed by atoms with Crippen LogP contribution in [0, 0.1) is 0 Å². The zero-order chi connectivity index (χ0) is 28.9. The molecule has 0 radical (unpaired) electrons. The van der Waals surface area contributed by atoms with Gasteiger partial charge in [-0.15, -0.1) is 0 Å². The summed E-state index contributed by atoms with van der Waals surface area (Å²) in [4.78, 5) is 26.0. The van der Waals surface area contributed by atoms with E-state index in [2.05, 4.69) is 10.6 Å². The third-order valence-corrected chi connectivity index (χ3v) is 7.18. The highest BCUT2D eigenvalue weighted by Gasteiger charge is 2.44. The van der Waals surface area contributed by atoms with Crippen molar-refractivity contribution in [2.75, 3.05) is 19.7 Å². The number of hydrogen-bond acceptors (Lipinski definition) is 8. The molecule has 1 aliphatic rings. The summed E-state index contributed by atoms with van der Waals surface area (Å²) in [6.07, 6.45) is -8.34. The molecule has 0 bridgehead atoms. The lowest BCUT2D eigenvalue weighted by Crippen LogP contribution is -2.60. The maximum absolute atomic E-state index is 13.0. The number of aliphatic hydroxyl groups is 4. The van der Waals surface area contributed by atoms with E-state index in [1.165, 1.54) is 0 Å². The first kappa shape index (κ1) is 28.6. The van der Waals surface area contributed by atoms with Gasteiger partial charge >= 0.3 is 0 Å². The highest BCUT2D eigenvalue weighted by atomic mass is 16.7. The summed E-state index contributed by atoms with van der Waals surface area (Å²) in [5.74, 6) is -0.752. The smallest absolute Gasteiger partial charge is 0.251 e. The number of hydrogen-bond donors (Lipinski definition) is 6. The van der Waals surface area contributed by atoms with E-state index in [-0.39, 0.29) is 24.9 Å². The van der Waals surface area contributed by atoms with Crippen molar-refractivity contribution in [1.82, 2.24) is 10.6 Å². The first-order valence-electron chi connectivity index (χ1n) is 13.3. The molecular weight excluding hydrogens is 528 g/mol. The normalized spacial score (nSPS) is 22.6. The molecule has 41 heavy (non-hydrogen) atoms. The Morgan fingerprint density at radius 1 is 0.707 bits per heavy atom. The number of carbonyl (C=O) groups excluding carboxylic acids is 2. The van der Waals surface area contributed by atoms with Crippen molar-refractivity contribution < 1.29 is 39.5 Å². The number of nitrogens with one attached hydrogen (secondary N) is 2. The van der Waals surface area contributed by atoms with Gasteiger partial charge in [0, 0.05) is 24.2 Å². The van der Waals surface area contributed by atoms with Crippen molar-refractivity contribution >= 4 is 33.4 Å². The van der Waals surface area contributed by atoms with E-state index in [1.807, 2.05) is 60.7 Å². The topological polar surface area (TPSA) is 158 Å². The molecule has 1 saturated heterocycles. The maximum atomic E-state index is 13.0. The zero-order valence-electron chi connectivity index (χ0n) is 22.1. The van der Waals surface area contributed by atoms with Crippen LogP contribution in [0.15, 0.2) is 84.9 Å². The van der Waals surface area contributed by atoms with Crippen molar-refractivity contribution in [2.45, 2.75) is 36.8 Å². The van der Waals surface area contributed by atoms with Crippen LogP contribution in [-0.2, 0) is 9.47 Å². The van der Waals surface area contributed by atoms with E-state index in [4.69, 9.17) is 9.47 Å². The Labute approximate surface area is 236 Å². The largest absolute Gasteiger partial charge is 0.394 e. The fourth-order valence-electron chi connectivity index (χ4n) is 4.82. The van der Waals surface area contributed by atoms with Crippen molar-refractivity contribution in [3.05, 3.63) is 96.1 Å². The van der Waals surface area contributed by atoms with Gasteiger partial charge in [0.15, 0.2) is 6.29 Å². The van der Waals surface area contributed by atoms with E-state index in [0.29, 0.717) is 11.1 Å². The molecule has 0 aliphatic carbocycles. The van der Waals surface area contributed by atoms with E-state index >= 15 is 0 Å². The number of rotatable bonds is 9. The predicted octanol–water partition coefficient (Wildman–Crippen LogP) is 1.34. The molecule has 6 N–H and O–H groups in total. The van der Waals surface area contributed by atoms with Crippen LogP contribution in [0.2, 0.25) is 0 Å². The van der Waals surface area contributed by atoms with Crippen molar-refractivity contribution in [1.29, 1.82) is 0 Å². The molecule has 4 aromatic rings. The van der Waals surface area contributed by atoms with Crippen LogP contribution >= 0.6 is 0 Å². The zero-order valence-corrected chi connectivity index (χ0v) is 22.1. The Hall–Kier alpha value is -3.90. The Balaban J connectivity index is 1.29. The van der Waals surface area contributed by atoms with Crippen LogP contribution in [-0.4, -0.2) is 88.7 Å². The number of amides is 2. The minimum Gasteiger partial charge on any atom is -0.394 e. The van der Waals surface area contributed by atoms with Crippen LogP contribution in [0.3, 0.4) is 0 Å². The van der Waals surface area contributed by atoms with Crippen LogP contribution in [0.5, 0.6) is 0 Å². The van der Waals surface area contributed by atoms with Crippen molar-refractivity contribution in [3.8, 4) is 0 Å². The average Bonchev–Trinajstić information content (AvgIpc) is 3.01. The van der Waals surface area contributed by atoms with Crippen LogP contribution in [0.1, 0.15) is 20.7 Å². The minimum atomic E-state index is -1.64.